The Morgan fingerprint density at radius 1 is 0.793 bits per heavy atom. The van der Waals surface area contributed by atoms with Gasteiger partial charge >= 0.3 is 24.0 Å². The zero-order valence-corrected chi connectivity index (χ0v) is 17.3. The molecule has 0 spiro atoms. The Hall–Kier alpha value is -3.04. The number of nitrogens with one attached hydrogen (secondary N) is 2. The van der Waals surface area contributed by atoms with Crippen molar-refractivity contribution in [2.75, 3.05) is 52.5 Å². The van der Waals surface area contributed by atoms with Crippen molar-refractivity contribution in [1.82, 2.24) is 20.4 Å². The molecule has 0 aromatic carbocycles. The molecule has 2 N–H and O–H groups in total. The summed E-state index contributed by atoms with van der Waals surface area (Å²) in [6.07, 6.45) is 2.71. The fourth-order valence-corrected chi connectivity index (χ4v) is 2.22. The number of amides is 4. The first kappa shape index (κ1) is 26.0. The molecule has 0 fully saturated rings. The second-order valence-corrected chi connectivity index (χ2v) is 5.72. The van der Waals surface area contributed by atoms with E-state index in [9.17, 15) is 19.2 Å². The van der Waals surface area contributed by atoms with E-state index in [0.717, 1.165) is 12.2 Å². The van der Waals surface area contributed by atoms with Crippen LogP contribution in [0.15, 0.2) is 25.3 Å². The molecular formula is C19H32N4O6. The molecular weight excluding hydrogens is 380 g/mol. The van der Waals surface area contributed by atoms with E-state index in [1.807, 2.05) is 13.8 Å². The molecule has 10 nitrogen and oxygen atoms in total. The molecule has 0 saturated heterocycles. The summed E-state index contributed by atoms with van der Waals surface area (Å²) in [5, 5.41) is 5.34. The van der Waals surface area contributed by atoms with Crippen LogP contribution >= 0.6 is 0 Å². The zero-order valence-electron chi connectivity index (χ0n) is 17.3. The Bertz CT molecular complexity index is 519. The first-order chi connectivity index (χ1) is 13.9. The van der Waals surface area contributed by atoms with E-state index in [4.69, 9.17) is 9.47 Å². The average Bonchev–Trinajstić information content (AvgIpc) is 2.73. The van der Waals surface area contributed by atoms with Gasteiger partial charge in [-0.3, -0.25) is 0 Å². The molecule has 0 aliphatic rings. The number of rotatable bonds is 14. The van der Waals surface area contributed by atoms with Crippen molar-refractivity contribution < 1.29 is 28.7 Å². The maximum absolute atomic E-state index is 12.1. The third kappa shape index (κ3) is 12.1. The molecule has 4 amide bonds. The lowest BCUT2D eigenvalue weighted by atomic mass is 10.3. The van der Waals surface area contributed by atoms with Crippen molar-refractivity contribution in [3.63, 3.8) is 0 Å². The van der Waals surface area contributed by atoms with Gasteiger partial charge in [-0.15, -0.1) is 0 Å². The number of urea groups is 2. The van der Waals surface area contributed by atoms with Crippen LogP contribution in [0, 0.1) is 0 Å². The quantitative estimate of drug-likeness (QED) is 0.249. The number of carbonyl (C=O) groups is 4. The highest BCUT2D eigenvalue weighted by Crippen LogP contribution is 1.97. The second kappa shape index (κ2) is 16.0. The summed E-state index contributed by atoms with van der Waals surface area (Å²) in [6, 6.07) is -0.530. The van der Waals surface area contributed by atoms with Gasteiger partial charge in [-0.1, -0.05) is 13.2 Å². The van der Waals surface area contributed by atoms with Crippen molar-refractivity contribution in [1.29, 1.82) is 0 Å². The van der Waals surface area contributed by atoms with Crippen LogP contribution in [0.4, 0.5) is 9.59 Å². The summed E-state index contributed by atoms with van der Waals surface area (Å²) in [6.45, 7) is 12.8. The number of ether oxygens (including phenoxy) is 2. The van der Waals surface area contributed by atoms with Gasteiger partial charge < -0.3 is 29.9 Å². The van der Waals surface area contributed by atoms with Crippen molar-refractivity contribution in [2.24, 2.45) is 0 Å². The van der Waals surface area contributed by atoms with Gasteiger partial charge in [0.05, 0.1) is 13.1 Å². The van der Waals surface area contributed by atoms with Crippen LogP contribution in [-0.4, -0.2) is 86.3 Å². The Morgan fingerprint density at radius 2 is 1.17 bits per heavy atom. The fraction of sp³-hybridized carbons (Fsp3) is 0.579. The Labute approximate surface area is 171 Å². The Morgan fingerprint density at radius 3 is 1.48 bits per heavy atom. The minimum absolute atomic E-state index is 0.0695. The molecule has 0 aromatic heterocycles. The van der Waals surface area contributed by atoms with Crippen LogP contribution < -0.4 is 10.6 Å². The summed E-state index contributed by atoms with van der Waals surface area (Å²) in [7, 11) is 0. The molecule has 29 heavy (non-hydrogen) atoms. The third-order valence-electron chi connectivity index (χ3n) is 3.77. The van der Waals surface area contributed by atoms with E-state index in [0.29, 0.717) is 32.6 Å². The third-order valence-corrected chi connectivity index (χ3v) is 3.77. The van der Waals surface area contributed by atoms with E-state index in [1.54, 1.807) is 9.80 Å². The summed E-state index contributed by atoms with van der Waals surface area (Å²) in [5.74, 6) is -1.08. The summed E-state index contributed by atoms with van der Waals surface area (Å²) in [5.41, 5.74) is 0. The molecule has 0 heterocycles. The first-order valence-corrected chi connectivity index (χ1v) is 9.53. The zero-order chi connectivity index (χ0) is 22.1. The largest absolute Gasteiger partial charge is 0.461 e. The average molecular weight is 412 g/mol. The number of hydrogen-bond donors (Lipinski definition) is 2. The maximum atomic E-state index is 12.1. The van der Waals surface area contributed by atoms with E-state index >= 15 is 0 Å². The number of nitrogens with zero attached hydrogens (tertiary/aromatic N) is 2. The normalized spacial score (nSPS) is 9.72. The predicted octanol–water partition coefficient (Wildman–Crippen LogP) is 0.898. The van der Waals surface area contributed by atoms with Gasteiger partial charge in [0.1, 0.15) is 13.2 Å². The summed E-state index contributed by atoms with van der Waals surface area (Å²) >= 11 is 0. The first-order valence-electron chi connectivity index (χ1n) is 9.53. The minimum atomic E-state index is -0.539. The van der Waals surface area contributed by atoms with Gasteiger partial charge in [-0.05, 0) is 20.3 Å². The lowest BCUT2D eigenvalue weighted by molar-refractivity contribution is -0.138. The van der Waals surface area contributed by atoms with E-state index in [1.165, 1.54) is 0 Å². The predicted molar refractivity (Wildman–Crippen MR) is 108 cm³/mol. The van der Waals surface area contributed by atoms with Gasteiger partial charge in [0.25, 0.3) is 0 Å². The molecule has 0 bridgehead atoms. The van der Waals surface area contributed by atoms with Crippen LogP contribution in [0.2, 0.25) is 0 Å². The molecule has 10 heteroatoms. The molecule has 0 radical (unpaired) electrons. The fourth-order valence-electron chi connectivity index (χ4n) is 2.22. The molecule has 0 aliphatic heterocycles. The van der Waals surface area contributed by atoms with Crippen LogP contribution in [0.3, 0.4) is 0 Å². The van der Waals surface area contributed by atoms with Crippen molar-refractivity contribution in [3.8, 4) is 0 Å². The number of hydrogen-bond acceptors (Lipinski definition) is 6. The lowest BCUT2D eigenvalue weighted by Crippen LogP contribution is -2.44. The number of carbonyl (C=O) groups excluding carboxylic acids is 4. The van der Waals surface area contributed by atoms with Gasteiger partial charge in [0, 0.05) is 38.3 Å². The molecule has 164 valence electrons. The highest BCUT2D eigenvalue weighted by molar-refractivity contribution is 5.81. The molecule has 0 aromatic rings. The van der Waals surface area contributed by atoms with Crippen molar-refractivity contribution in [2.45, 2.75) is 20.3 Å². The number of esters is 2. The van der Waals surface area contributed by atoms with Crippen molar-refractivity contribution in [3.05, 3.63) is 25.3 Å². The summed E-state index contributed by atoms with van der Waals surface area (Å²) in [4.78, 5) is 49.4. The van der Waals surface area contributed by atoms with Crippen LogP contribution in [0.5, 0.6) is 0 Å². The van der Waals surface area contributed by atoms with E-state index in [-0.39, 0.29) is 38.4 Å². The Balaban J connectivity index is 4.17. The van der Waals surface area contributed by atoms with Gasteiger partial charge in [-0.25, -0.2) is 19.2 Å². The van der Waals surface area contributed by atoms with Gasteiger partial charge in [-0.2, -0.15) is 0 Å². The van der Waals surface area contributed by atoms with E-state index in [2.05, 4.69) is 23.8 Å². The maximum Gasteiger partial charge on any atom is 0.330 e. The second-order valence-electron chi connectivity index (χ2n) is 5.72. The minimum Gasteiger partial charge on any atom is -0.461 e. The van der Waals surface area contributed by atoms with E-state index < -0.39 is 11.9 Å². The summed E-state index contributed by atoms with van der Waals surface area (Å²) < 4.78 is 9.59. The standard InChI is InChI=1S/C19H32N4O6/c1-5-16(24)28-14-10-20-18(26)22(7-3)12-9-13-23(8-4)19(27)21-11-15-29-17(25)6-2/h5-6H,1-2,7-15H2,3-4H3,(H,20,26)(H,21,27). The molecule has 0 rings (SSSR count). The molecule has 0 atom stereocenters. The highest BCUT2D eigenvalue weighted by atomic mass is 16.5. The molecule has 0 saturated carbocycles. The topological polar surface area (TPSA) is 117 Å². The Kier molecular flexibility index (Phi) is 14.3. The smallest absolute Gasteiger partial charge is 0.330 e. The van der Waals surface area contributed by atoms with Crippen LogP contribution in [-0.2, 0) is 19.1 Å². The van der Waals surface area contributed by atoms with Gasteiger partial charge in [0.2, 0.25) is 0 Å². The SMILES string of the molecule is C=CC(=O)OCCNC(=O)N(CC)CCCN(CC)C(=O)NCCOC(=O)C=C. The molecule has 0 aliphatic carbocycles. The lowest BCUT2D eigenvalue weighted by Gasteiger charge is -2.25. The molecule has 0 unspecified atom stereocenters. The highest BCUT2D eigenvalue weighted by Gasteiger charge is 2.14. The monoisotopic (exact) mass is 412 g/mol. The van der Waals surface area contributed by atoms with Crippen LogP contribution in [0.25, 0.3) is 0 Å². The van der Waals surface area contributed by atoms with Crippen LogP contribution in [0.1, 0.15) is 20.3 Å². The van der Waals surface area contributed by atoms with Crippen molar-refractivity contribution >= 4 is 24.0 Å². The van der Waals surface area contributed by atoms with Gasteiger partial charge in [0.15, 0.2) is 0 Å².